The lowest BCUT2D eigenvalue weighted by molar-refractivity contribution is 0.0636. The molecule has 0 aliphatic rings. The van der Waals surface area contributed by atoms with Gasteiger partial charge in [-0.05, 0) is 63.9 Å². The first-order chi connectivity index (χ1) is 13.7. The second-order valence-electron chi connectivity index (χ2n) is 7.70. The van der Waals surface area contributed by atoms with Crippen molar-refractivity contribution in [2.24, 2.45) is 4.99 Å². The summed E-state index contributed by atoms with van der Waals surface area (Å²) in [5.74, 6) is 0.733. The SMILES string of the molecule is CN=C(NCCc1ccc(NC(=O)OC(C)(C)C)cc1)NCc1cccc(C)n1. The number of nitrogens with one attached hydrogen (secondary N) is 3. The van der Waals surface area contributed by atoms with Gasteiger partial charge in [0, 0.05) is 25.0 Å². The number of hydrogen-bond donors (Lipinski definition) is 3. The van der Waals surface area contributed by atoms with E-state index in [0.29, 0.717) is 12.2 Å². The Balaban J connectivity index is 1.75. The van der Waals surface area contributed by atoms with Crippen LogP contribution in [-0.4, -0.2) is 36.2 Å². The van der Waals surface area contributed by atoms with E-state index in [9.17, 15) is 4.79 Å². The largest absolute Gasteiger partial charge is 0.444 e. The molecule has 0 bridgehead atoms. The van der Waals surface area contributed by atoms with E-state index in [1.165, 1.54) is 0 Å². The third-order valence-electron chi connectivity index (χ3n) is 3.91. The molecule has 0 saturated heterocycles. The Hall–Kier alpha value is -3.09. The van der Waals surface area contributed by atoms with Crippen molar-refractivity contribution < 1.29 is 9.53 Å². The zero-order chi connectivity index (χ0) is 21.3. The summed E-state index contributed by atoms with van der Waals surface area (Å²) in [6.07, 6.45) is 0.376. The molecular weight excluding hydrogens is 366 g/mol. The smallest absolute Gasteiger partial charge is 0.412 e. The Morgan fingerprint density at radius 1 is 1.10 bits per heavy atom. The first kappa shape index (κ1) is 22.2. The lowest BCUT2D eigenvalue weighted by Gasteiger charge is -2.19. The molecule has 3 N–H and O–H groups in total. The summed E-state index contributed by atoms with van der Waals surface area (Å²) >= 11 is 0. The van der Waals surface area contributed by atoms with Gasteiger partial charge in [0.15, 0.2) is 5.96 Å². The Morgan fingerprint density at radius 2 is 1.83 bits per heavy atom. The van der Waals surface area contributed by atoms with Gasteiger partial charge in [0.05, 0.1) is 12.2 Å². The van der Waals surface area contributed by atoms with Crippen LogP contribution in [0.2, 0.25) is 0 Å². The van der Waals surface area contributed by atoms with Crippen LogP contribution < -0.4 is 16.0 Å². The van der Waals surface area contributed by atoms with Crippen molar-refractivity contribution in [1.29, 1.82) is 0 Å². The summed E-state index contributed by atoms with van der Waals surface area (Å²) in [5, 5.41) is 9.29. The molecular formula is C22H31N5O2. The number of guanidine groups is 1. The maximum Gasteiger partial charge on any atom is 0.412 e. The van der Waals surface area contributed by atoms with Gasteiger partial charge in [-0.3, -0.25) is 15.3 Å². The van der Waals surface area contributed by atoms with E-state index in [0.717, 1.165) is 35.9 Å². The molecule has 1 heterocycles. The van der Waals surface area contributed by atoms with Crippen LogP contribution in [0, 0.1) is 6.92 Å². The Morgan fingerprint density at radius 3 is 2.45 bits per heavy atom. The molecule has 0 radical (unpaired) electrons. The van der Waals surface area contributed by atoms with Gasteiger partial charge in [-0.2, -0.15) is 0 Å². The fourth-order valence-corrected chi connectivity index (χ4v) is 2.59. The molecule has 0 aliphatic carbocycles. The summed E-state index contributed by atoms with van der Waals surface area (Å²) in [7, 11) is 1.75. The van der Waals surface area contributed by atoms with Crippen molar-refractivity contribution in [2.45, 2.75) is 46.3 Å². The van der Waals surface area contributed by atoms with Crippen molar-refractivity contribution in [2.75, 3.05) is 18.9 Å². The molecule has 7 heteroatoms. The molecule has 1 aromatic heterocycles. The average Bonchev–Trinajstić information content (AvgIpc) is 2.64. The highest BCUT2D eigenvalue weighted by Gasteiger charge is 2.16. The number of nitrogens with zero attached hydrogens (tertiary/aromatic N) is 2. The van der Waals surface area contributed by atoms with Gasteiger partial charge in [-0.15, -0.1) is 0 Å². The number of benzene rings is 1. The highest BCUT2D eigenvalue weighted by molar-refractivity contribution is 5.84. The standard InChI is InChI=1S/C22H31N5O2/c1-16-7-6-8-19(26-16)15-25-20(23-5)24-14-13-17-9-11-18(12-10-17)27-21(28)29-22(2,3)4/h6-12H,13-15H2,1-5H3,(H,27,28)(H2,23,24,25). The fraction of sp³-hybridized carbons (Fsp3) is 0.409. The van der Waals surface area contributed by atoms with Crippen molar-refractivity contribution in [3.8, 4) is 0 Å². The minimum absolute atomic E-state index is 0.454. The summed E-state index contributed by atoms with van der Waals surface area (Å²) in [6.45, 7) is 8.84. The number of aromatic nitrogens is 1. The highest BCUT2D eigenvalue weighted by atomic mass is 16.6. The molecule has 0 spiro atoms. The maximum atomic E-state index is 11.8. The molecule has 156 valence electrons. The third-order valence-corrected chi connectivity index (χ3v) is 3.91. The van der Waals surface area contributed by atoms with Gasteiger partial charge >= 0.3 is 6.09 Å². The number of carbonyl (C=O) groups excluding carboxylic acids is 1. The number of aliphatic imine (C=N–C) groups is 1. The van der Waals surface area contributed by atoms with Crippen LogP contribution in [0.25, 0.3) is 0 Å². The zero-order valence-corrected chi connectivity index (χ0v) is 17.9. The summed E-state index contributed by atoms with van der Waals surface area (Å²) in [5.41, 5.74) is 3.32. The van der Waals surface area contributed by atoms with Gasteiger partial charge in [0.2, 0.25) is 0 Å². The second kappa shape index (κ2) is 10.5. The topological polar surface area (TPSA) is 87.6 Å². The van der Waals surface area contributed by atoms with E-state index >= 15 is 0 Å². The first-order valence-corrected chi connectivity index (χ1v) is 9.71. The van der Waals surface area contributed by atoms with E-state index in [4.69, 9.17) is 4.74 Å². The number of rotatable bonds is 6. The molecule has 2 aromatic rings. The molecule has 7 nitrogen and oxygen atoms in total. The van der Waals surface area contributed by atoms with Gasteiger partial charge < -0.3 is 15.4 Å². The predicted octanol–water partition coefficient (Wildman–Crippen LogP) is 3.64. The van der Waals surface area contributed by atoms with Crippen molar-refractivity contribution >= 4 is 17.7 Å². The van der Waals surface area contributed by atoms with Crippen LogP contribution in [-0.2, 0) is 17.7 Å². The number of pyridine rings is 1. The number of anilines is 1. The Bertz CT molecular complexity index is 826. The molecule has 0 fully saturated rings. The van der Waals surface area contributed by atoms with Crippen molar-refractivity contribution in [1.82, 2.24) is 15.6 Å². The minimum Gasteiger partial charge on any atom is -0.444 e. The predicted molar refractivity (Wildman–Crippen MR) is 117 cm³/mol. The zero-order valence-electron chi connectivity index (χ0n) is 17.9. The van der Waals surface area contributed by atoms with E-state index < -0.39 is 11.7 Å². The summed E-state index contributed by atoms with van der Waals surface area (Å²) in [6, 6.07) is 13.7. The van der Waals surface area contributed by atoms with Gasteiger partial charge in [0.25, 0.3) is 0 Å². The lowest BCUT2D eigenvalue weighted by Crippen LogP contribution is -2.38. The monoisotopic (exact) mass is 397 g/mol. The molecule has 0 aliphatic heterocycles. The summed E-state index contributed by atoms with van der Waals surface area (Å²) < 4.78 is 5.25. The quantitative estimate of drug-likeness (QED) is 0.512. The van der Waals surface area contributed by atoms with Crippen LogP contribution in [0.15, 0.2) is 47.5 Å². The maximum absolute atomic E-state index is 11.8. The second-order valence-corrected chi connectivity index (χ2v) is 7.70. The molecule has 0 saturated carbocycles. The normalized spacial score (nSPS) is 11.7. The van der Waals surface area contributed by atoms with Crippen LogP contribution in [0.5, 0.6) is 0 Å². The van der Waals surface area contributed by atoms with Gasteiger partial charge in [-0.1, -0.05) is 18.2 Å². The van der Waals surface area contributed by atoms with Gasteiger partial charge in [-0.25, -0.2) is 4.79 Å². The van der Waals surface area contributed by atoms with E-state index in [-0.39, 0.29) is 0 Å². The number of amides is 1. The molecule has 0 unspecified atom stereocenters. The Labute approximate surface area is 173 Å². The van der Waals surface area contributed by atoms with Crippen LogP contribution in [0.4, 0.5) is 10.5 Å². The van der Waals surface area contributed by atoms with Crippen molar-refractivity contribution in [3.63, 3.8) is 0 Å². The molecule has 1 aromatic carbocycles. The lowest BCUT2D eigenvalue weighted by atomic mass is 10.1. The third kappa shape index (κ3) is 8.64. The minimum atomic E-state index is -0.516. The van der Waals surface area contributed by atoms with Crippen LogP contribution >= 0.6 is 0 Å². The van der Waals surface area contributed by atoms with Crippen LogP contribution in [0.3, 0.4) is 0 Å². The first-order valence-electron chi connectivity index (χ1n) is 9.71. The molecule has 2 rings (SSSR count). The van der Waals surface area contributed by atoms with Gasteiger partial charge in [0.1, 0.15) is 5.60 Å². The Kier molecular flexibility index (Phi) is 8.00. The fourth-order valence-electron chi connectivity index (χ4n) is 2.59. The average molecular weight is 398 g/mol. The molecule has 1 amide bonds. The van der Waals surface area contributed by atoms with E-state index in [1.54, 1.807) is 7.05 Å². The van der Waals surface area contributed by atoms with Crippen molar-refractivity contribution in [3.05, 3.63) is 59.4 Å². The number of ether oxygens (including phenoxy) is 1. The highest BCUT2D eigenvalue weighted by Crippen LogP contribution is 2.13. The summed E-state index contributed by atoms with van der Waals surface area (Å²) in [4.78, 5) is 20.5. The number of aryl methyl sites for hydroxylation is 1. The van der Waals surface area contributed by atoms with E-state index in [2.05, 4.69) is 25.9 Å². The number of carbonyl (C=O) groups is 1. The molecule has 0 atom stereocenters. The molecule has 29 heavy (non-hydrogen) atoms. The number of hydrogen-bond acceptors (Lipinski definition) is 4. The van der Waals surface area contributed by atoms with E-state index in [1.807, 2.05) is 70.2 Å². The van der Waals surface area contributed by atoms with Crippen LogP contribution in [0.1, 0.15) is 37.7 Å².